The summed E-state index contributed by atoms with van der Waals surface area (Å²) < 4.78 is 5.59. The molecule has 18 heavy (non-hydrogen) atoms. The molecule has 1 saturated heterocycles. The van der Waals surface area contributed by atoms with Crippen LogP contribution in [-0.4, -0.2) is 29.5 Å². The fraction of sp³-hybridized carbons (Fsp3) is 0.385. The second-order valence-corrected chi connectivity index (χ2v) is 4.87. The molecule has 1 fully saturated rings. The maximum atomic E-state index is 6.02. The molecule has 1 atom stereocenters. The molecule has 1 aliphatic rings. The molecule has 3 rings (SSSR count). The zero-order chi connectivity index (χ0) is 12.4. The molecule has 0 amide bonds. The molecule has 0 radical (unpaired) electrons. The standard InChI is InChI=1S/C13H14ClN3O/c14-9-3-4-12-11(6-9)13(8-16-17-12)15-7-10-2-1-5-18-10/h3-4,6,8,10H,1-2,5,7H2,(H,15,17). The van der Waals surface area contributed by atoms with Crippen LogP contribution in [0.4, 0.5) is 5.69 Å². The van der Waals surface area contributed by atoms with E-state index in [9.17, 15) is 0 Å². The van der Waals surface area contributed by atoms with Crippen LogP contribution in [0.3, 0.4) is 0 Å². The van der Waals surface area contributed by atoms with Crippen molar-refractivity contribution in [2.75, 3.05) is 18.5 Å². The Morgan fingerprint density at radius 3 is 3.22 bits per heavy atom. The van der Waals surface area contributed by atoms with E-state index in [-0.39, 0.29) is 0 Å². The van der Waals surface area contributed by atoms with Crippen LogP contribution in [0, 0.1) is 0 Å². The van der Waals surface area contributed by atoms with Crippen LogP contribution >= 0.6 is 11.6 Å². The molecule has 2 aromatic rings. The Morgan fingerprint density at radius 1 is 1.44 bits per heavy atom. The minimum absolute atomic E-state index is 0.299. The molecule has 1 unspecified atom stereocenters. The van der Waals surface area contributed by atoms with E-state index in [2.05, 4.69) is 15.5 Å². The van der Waals surface area contributed by atoms with Crippen LogP contribution in [0.15, 0.2) is 24.4 Å². The Morgan fingerprint density at radius 2 is 2.39 bits per heavy atom. The minimum Gasteiger partial charge on any atom is -0.381 e. The van der Waals surface area contributed by atoms with Gasteiger partial charge in [-0.05, 0) is 31.0 Å². The maximum absolute atomic E-state index is 6.02. The lowest BCUT2D eigenvalue weighted by Gasteiger charge is -2.13. The summed E-state index contributed by atoms with van der Waals surface area (Å²) >= 11 is 6.02. The van der Waals surface area contributed by atoms with E-state index in [1.165, 1.54) is 0 Å². The summed E-state index contributed by atoms with van der Waals surface area (Å²) in [6.45, 7) is 1.67. The Hall–Kier alpha value is -1.39. The van der Waals surface area contributed by atoms with Gasteiger partial charge in [0.05, 0.1) is 23.5 Å². The highest BCUT2D eigenvalue weighted by Gasteiger charge is 2.15. The number of halogens is 1. The smallest absolute Gasteiger partial charge is 0.0951 e. The number of rotatable bonds is 3. The van der Waals surface area contributed by atoms with Gasteiger partial charge >= 0.3 is 0 Å². The SMILES string of the molecule is Clc1ccc2nncc(NCC3CCCO3)c2c1. The van der Waals surface area contributed by atoms with Crippen molar-refractivity contribution >= 4 is 28.2 Å². The number of nitrogens with one attached hydrogen (secondary N) is 1. The van der Waals surface area contributed by atoms with Gasteiger partial charge in [0, 0.05) is 23.6 Å². The van der Waals surface area contributed by atoms with E-state index in [0.29, 0.717) is 11.1 Å². The van der Waals surface area contributed by atoms with Crippen molar-refractivity contribution in [3.05, 3.63) is 29.4 Å². The number of hydrogen-bond donors (Lipinski definition) is 1. The van der Waals surface area contributed by atoms with Gasteiger partial charge in [-0.15, -0.1) is 0 Å². The third-order valence-corrected chi connectivity index (χ3v) is 3.38. The number of aromatic nitrogens is 2. The summed E-state index contributed by atoms with van der Waals surface area (Å²) in [5.41, 5.74) is 1.80. The van der Waals surface area contributed by atoms with E-state index in [1.54, 1.807) is 6.20 Å². The maximum Gasteiger partial charge on any atom is 0.0951 e. The highest BCUT2D eigenvalue weighted by Crippen LogP contribution is 2.24. The van der Waals surface area contributed by atoms with E-state index in [0.717, 1.165) is 42.6 Å². The lowest BCUT2D eigenvalue weighted by atomic mass is 10.2. The first-order valence-electron chi connectivity index (χ1n) is 6.09. The molecule has 1 aromatic heterocycles. The second kappa shape index (κ2) is 5.08. The molecule has 1 aliphatic heterocycles. The van der Waals surface area contributed by atoms with Crippen LogP contribution in [0.25, 0.3) is 10.9 Å². The van der Waals surface area contributed by atoms with Gasteiger partial charge in [0.2, 0.25) is 0 Å². The first kappa shape index (κ1) is 11.7. The topological polar surface area (TPSA) is 47.0 Å². The van der Waals surface area contributed by atoms with Gasteiger partial charge < -0.3 is 10.1 Å². The number of benzene rings is 1. The van der Waals surface area contributed by atoms with Crippen molar-refractivity contribution in [1.29, 1.82) is 0 Å². The summed E-state index contributed by atoms with van der Waals surface area (Å²) in [5.74, 6) is 0. The largest absolute Gasteiger partial charge is 0.381 e. The van der Waals surface area contributed by atoms with E-state index < -0.39 is 0 Å². The molecule has 0 spiro atoms. The lowest BCUT2D eigenvalue weighted by molar-refractivity contribution is 0.120. The average molecular weight is 264 g/mol. The molecule has 0 saturated carbocycles. The van der Waals surface area contributed by atoms with Crippen molar-refractivity contribution in [2.45, 2.75) is 18.9 Å². The Balaban J connectivity index is 1.84. The number of fused-ring (bicyclic) bond motifs is 1. The number of hydrogen-bond acceptors (Lipinski definition) is 4. The van der Waals surface area contributed by atoms with E-state index >= 15 is 0 Å². The molecule has 94 valence electrons. The van der Waals surface area contributed by atoms with Crippen LogP contribution in [0.5, 0.6) is 0 Å². The summed E-state index contributed by atoms with van der Waals surface area (Å²) in [6.07, 6.45) is 4.29. The zero-order valence-electron chi connectivity index (χ0n) is 9.90. The Bertz CT molecular complexity index is 555. The van der Waals surface area contributed by atoms with Gasteiger partial charge in [-0.2, -0.15) is 10.2 Å². The summed E-state index contributed by atoms with van der Waals surface area (Å²) in [6, 6.07) is 5.60. The fourth-order valence-corrected chi connectivity index (χ4v) is 2.37. The molecular weight excluding hydrogens is 250 g/mol. The van der Waals surface area contributed by atoms with Gasteiger partial charge in [-0.3, -0.25) is 0 Å². The predicted octanol–water partition coefficient (Wildman–Crippen LogP) is 2.87. The van der Waals surface area contributed by atoms with Crippen molar-refractivity contribution in [3.63, 3.8) is 0 Å². The highest BCUT2D eigenvalue weighted by atomic mass is 35.5. The van der Waals surface area contributed by atoms with Crippen molar-refractivity contribution < 1.29 is 4.74 Å². The monoisotopic (exact) mass is 263 g/mol. The van der Waals surface area contributed by atoms with Crippen LogP contribution in [-0.2, 0) is 4.74 Å². The number of nitrogens with zero attached hydrogens (tertiary/aromatic N) is 2. The Labute approximate surface area is 110 Å². The third-order valence-electron chi connectivity index (χ3n) is 3.15. The van der Waals surface area contributed by atoms with Crippen LogP contribution in [0.1, 0.15) is 12.8 Å². The second-order valence-electron chi connectivity index (χ2n) is 4.44. The lowest BCUT2D eigenvalue weighted by Crippen LogP contribution is -2.18. The van der Waals surface area contributed by atoms with Crippen molar-refractivity contribution in [2.24, 2.45) is 0 Å². The van der Waals surface area contributed by atoms with Gasteiger partial charge in [0.15, 0.2) is 0 Å². The number of ether oxygens (including phenoxy) is 1. The molecule has 0 bridgehead atoms. The Kier molecular flexibility index (Phi) is 3.30. The van der Waals surface area contributed by atoms with Crippen molar-refractivity contribution in [3.8, 4) is 0 Å². The first-order chi connectivity index (χ1) is 8.83. The van der Waals surface area contributed by atoms with Crippen LogP contribution < -0.4 is 5.32 Å². The fourth-order valence-electron chi connectivity index (χ4n) is 2.20. The third kappa shape index (κ3) is 2.40. The first-order valence-corrected chi connectivity index (χ1v) is 6.47. The van der Waals surface area contributed by atoms with Crippen LogP contribution in [0.2, 0.25) is 5.02 Å². The van der Waals surface area contributed by atoms with Crippen molar-refractivity contribution in [1.82, 2.24) is 10.2 Å². The molecule has 0 aliphatic carbocycles. The molecule has 4 nitrogen and oxygen atoms in total. The van der Waals surface area contributed by atoms with Gasteiger partial charge in [0.1, 0.15) is 0 Å². The summed E-state index contributed by atoms with van der Waals surface area (Å²) in [7, 11) is 0. The van der Waals surface area contributed by atoms with Gasteiger partial charge in [0.25, 0.3) is 0 Å². The van der Waals surface area contributed by atoms with E-state index in [4.69, 9.17) is 16.3 Å². The van der Waals surface area contributed by atoms with E-state index in [1.807, 2.05) is 18.2 Å². The van der Waals surface area contributed by atoms with Gasteiger partial charge in [-0.25, -0.2) is 0 Å². The summed E-state index contributed by atoms with van der Waals surface area (Å²) in [4.78, 5) is 0. The quantitative estimate of drug-likeness (QED) is 0.925. The highest BCUT2D eigenvalue weighted by molar-refractivity contribution is 6.31. The predicted molar refractivity (Wildman–Crippen MR) is 72.0 cm³/mol. The molecule has 2 heterocycles. The van der Waals surface area contributed by atoms with Gasteiger partial charge in [-0.1, -0.05) is 11.6 Å². The normalized spacial score (nSPS) is 19.3. The number of anilines is 1. The minimum atomic E-state index is 0.299. The summed E-state index contributed by atoms with van der Waals surface area (Å²) in [5, 5.41) is 13.1. The molecule has 5 heteroatoms. The zero-order valence-corrected chi connectivity index (χ0v) is 10.7. The molecule has 1 aromatic carbocycles. The molecular formula is C13H14ClN3O. The molecule has 1 N–H and O–H groups in total. The average Bonchev–Trinajstić information content (AvgIpc) is 2.89.